The van der Waals surface area contributed by atoms with Crippen LogP contribution < -0.4 is 28.4 Å². The van der Waals surface area contributed by atoms with E-state index in [0.717, 1.165) is 108 Å². The molecule has 0 atom stereocenters. The molecule has 0 aliphatic heterocycles. The van der Waals surface area contributed by atoms with Gasteiger partial charge in [0.15, 0.2) is 17.3 Å². The standard InChI is InChI=1S/C18H11N5S.C17H11BrN4S.C17H12N4S.C10H8BrN3.C7H6BNO2S/c19-9-14-18(20)23-16(11-4-2-1-3-5-11)17(22-14)12-6-7-13-15(8-12)24-10-21-13;18-16-17(19)22-14(10-4-2-1-3-5-10)15(21-16)11-6-7-12-13(8-11)23-9-20-12;18-15-9-19-16(17(21-15)11-4-2-1-3-5-11)12-6-7-13-14(8-12)22-10-20-13;11-10-9(14-8(12)6-13-10)7-4-2-1-3-5-7;10-8(11)5-1-2-6-7(3-5)12-4-9-6/h1-8,10H,(H2,20,23);1-9H,(H2,19,22);1-10H,(H2,18,21);1-6H,(H2,12,14);1-4,10-11H. The van der Waals surface area contributed by atoms with Crippen molar-refractivity contribution < 1.29 is 10.0 Å². The van der Waals surface area contributed by atoms with Gasteiger partial charge in [-0.3, -0.25) is 4.98 Å². The number of nitrogens with two attached hydrogens (primary N) is 4. The number of rotatable bonds is 8. The van der Waals surface area contributed by atoms with Gasteiger partial charge in [0, 0.05) is 38.9 Å². The first-order valence-corrected chi connectivity index (χ1v) is 33.7. The van der Waals surface area contributed by atoms with Crippen molar-refractivity contribution in [2.45, 2.75) is 0 Å². The lowest BCUT2D eigenvalue weighted by Gasteiger charge is -2.10. The van der Waals surface area contributed by atoms with Crippen LogP contribution >= 0.6 is 77.2 Å². The van der Waals surface area contributed by atoms with Crippen LogP contribution in [0.2, 0.25) is 0 Å². The normalized spacial score (nSPS) is 10.7. The minimum absolute atomic E-state index is 0.133. The molecule has 0 saturated heterocycles. The largest absolute Gasteiger partial charge is 0.488 e. The highest BCUT2D eigenvalue weighted by Gasteiger charge is 2.19. The van der Waals surface area contributed by atoms with Gasteiger partial charge in [-0.1, -0.05) is 146 Å². The summed E-state index contributed by atoms with van der Waals surface area (Å²) in [6, 6.07) is 64.7. The van der Waals surface area contributed by atoms with Crippen molar-refractivity contribution in [3.05, 3.63) is 243 Å². The van der Waals surface area contributed by atoms with Gasteiger partial charge >= 0.3 is 7.12 Å². The van der Waals surface area contributed by atoms with E-state index >= 15 is 0 Å². The fourth-order valence-electron chi connectivity index (χ4n) is 9.57. The zero-order chi connectivity index (χ0) is 65.8. The third-order valence-corrected chi connectivity index (χ3v) is 18.4. The molecule has 8 heterocycles. The minimum Gasteiger partial charge on any atom is -0.423 e. The van der Waals surface area contributed by atoms with E-state index in [1.165, 1.54) is 17.5 Å². The number of thiazole rings is 4. The molecule has 0 aliphatic rings. The molecule has 16 aromatic rings. The molecule has 8 aromatic heterocycles. The second-order valence-corrected chi connectivity index (χ2v) is 25.4. The molecule has 16 rings (SSSR count). The predicted molar refractivity (Wildman–Crippen MR) is 393 cm³/mol. The van der Waals surface area contributed by atoms with Crippen LogP contribution in [0.15, 0.2) is 238 Å². The number of hydrogen-bond donors (Lipinski definition) is 6. The Bertz CT molecular complexity index is 5380. The van der Waals surface area contributed by atoms with Gasteiger partial charge in [-0.05, 0) is 85.9 Å². The van der Waals surface area contributed by atoms with Crippen LogP contribution in [-0.2, 0) is 0 Å². The van der Waals surface area contributed by atoms with Crippen molar-refractivity contribution in [3.8, 4) is 84.9 Å². The number of hydrogen-bond acceptors (Lipinski definition) is 23. The van der Waals surface area contributed by atoms with Crippen molar-refractivity contribution >= 4 is 154 Å². The summed E-state index contributed by atoms with van der Waals surface area (Å²) < 4.78 is 5.55. The van der Waals surface area contributed by atoms with Gasteiger partial charge in [0.05, 0.1) is 109 Å². The first-order valence-electron chi connectivity index (χ1n) is 28.6. The third kappa shape index (κ3) is 15.4. The van der Waals surface area contributed by atoms with Crippen molar-refractivity contribution in [3.63, 3.8) is 0 Å². The zero-order valence-corrected chi connectivity index (χ0v) is 55.9. The van der Waals surface area contributed by atoms with Crippen LogP contribution in [-0.4, -0.2) is 77.0 Å². The van der Waals surface area contributed by atoms with E-state index in [1.807, 2.05) is 186 Å². The molecule has 0 radical (unpaired) electrons. The molecule has 0 aliphatic carbocycles. The van der Waals surface area contributed by atoms with Crippen LogP contribution in [0.25, 0.3) is 120 Å². The Hall–Kier alpha value is -10.7. The van der Waals surface area contributed by atoms with E-state index in [9.17, 15) is 5.26 Å². The van der Waals surface area contributed by atoms with Crippen molar-refractivity contribution in [1.29, 1.82) is 5.26 Å². The van der Waals surface area contributed by atoms with Crippen LogP contribution in [0.1, 0.15) is 5.69 Å². The number of halogens is 2. The second-order valence-electron chi connectivity index (χ2n) is 20.3. The van der Waals surface area contributed by atoms with E-state index in [2.05, 4.69) is 104 Å². The summed E-state index contributed by atoms with van der Waals surface area (Å²) in [7, 11) is -1.39. The van der Waals surface area contributed by atoms with Gasteiger partial charge in [-0.25, -0.2) is 54.8 Å². The van der Waals surface area contributed by atoms with Crippen LogP contribution in [0.5, 0.6) is 0 Å². The summed E-state index contributed by atoms with van der Waals surface area (Å²) in [5.41, 5.74) is 47.0. The molecule has 26 heteroatoms. The molecule has 0 spiro atoms. The molecule has 8 aromatic carbocycles. The third-order valence-electron chi connectivity index (χ3n) is 14.1. The molecule has 0 amide bonds. The Kier molecular flexibility index (Phi) is 20.3. The van der Waals surface area contributed by atoms with Gasteiger partial charge in [-0.2, -0.15) is 5.26 Å². The summed E-state index contributed by atoms with van der Waals surface area (Å²) >= 11 is 13.0. The number of aromatic nitrogens is 12. The summed E-state index contributed by atoms with van der Waals surface area (Å²) in [5.74, 6) is 1.36. The summed E-state index contributed by atoms with van der Waals surface area (Å²) in [6.07, 6.45) is 3.12. The number of benzene rings is 8. The number of nitriles is 1. The number of nitrogens with zero attached hydrogens (tertiary/aromatic N) is 13. The zero-order valence-electron chi connectivity index (χ0n) is 49.4. The van der Waals surface area contributed by atoms with E-state index in [1.54, 1.807) is 63.9 Å². The average Bonchev–Trinajstić information content (AvgIpc) is 1.78. The smallest absolute Gasteiger partial charge is 0.423 e. The fraction of sp³-hybridized carbons (Fsp3) is 0. The number of fused-ring (bicyclic) bond motifs is 4. The molecule has 10 N–H and O–H groups in total. The maximum absolute atomic E-state index is 9.25. The Morgan fingerprint density at radius 2 is 0.705 bits per heavy atom. The fourth-order valence-corrected chi connectivity index (χ4v) is 13.1. The lowest BCUT2D eigenvalue weighted by Crippen LogP contribution is -2.29. The van der Waals surface area contributed by atoms with Gasteiger partial charge in [0.25, 0.3) is 0 Å². The van der Waals surface area contributed by atoms with Crippen molar-refractivity contribution in [2.24, 2.45) is 0 Å². The van der Waals surface area contributed by atoms with Gasteiger partial charge in [0.2, 0.25) is 0 Å². The van der Waals surface area contributed by atoms with Crippen LogP contribution in [0.3, 0.4) is 0 Å². The lowest BCUT2D eigenvalue weighted by molar-refractivity contribution is 0.426. The van der Waals surface area contributed by atoms with Gasteiger partial charge in [-0.15, -0.1) is 45.3 Å². The number of anilines is 4. The minimum atomic E-state index is -1.39. The Morgan fingerprint density at radius 1 is 0.347 bits per heavy atom. The second kappa shape index (κ2) is 29.9. The highest BCUT2D eigenvalue weighted by Crippen LogP contribution is 2.37. The first-order chi connectivity index (χ1) is 46.3. The molecule has 0 bridgehead atoms. The van der Waals surface area contributed by atoms with Crippen molar-refractivity contribution in [2.75, 3.05) is 22.9 Å². The van der Waals surface area contributed by atoms with E-state index in [0.29, 0.717) is 43.5 Å². The monoisotopic (exact) mass is 1440 g/mol. The van der Waals surface area contributed by atoms with Crippen LogP contribution in [0, 0.1) is 11.3 Å². The number of nitrogen functional groups attached to an aromatic ring is 4. The van der Waals surface area contributed by atoms with E-state index in [4.69, 9.17) is 33.0 Å². The molecule has 0 unspecified atom stereocenters. The van der Waals surface area contributed by atoms with Gasteiger partial charge < -0.3 is 33.0 Å². The quantitative estimate of drug-likeness (QED) is 0.0770. The molecular weight excluding hydrogens is 1400 g/mol. The summed E-state index contributed by atoms with van der Waals surface area (Å²) in [6.45, 7) is 0. The topological polar surface area (TPSA) is 323 Å². The summed E-state index contributed by atoms with van der Waals surface area (Å²) in [5, 5.41) is 27.0. The molecule has 0 fully saturated rings. The Morgan fingerprint density at radius 3 is 1.15 bits per heavy atom. The summed E-state index contributed by atoms with van der Waals surface area (Å²) in [4.78, 5) is 52.4. The SMILES string of the molecule is N#Cc1nc(-c2ccc3ncsc3c2)c(-c2ccccc2)nc1N.Nc1cnc(-c2ccc3ncsc3c2)c(-c2ccccc2)n1.Nc1cnc(Br)c(-c2ccccc2)n1.Nc1nc(-c2ccccc2)c(-c2ccc3ncsc3c2)nc1Br.OB(O)c1ccc2ncsc2c1. The molecular formula is C69H48BBr2N17O2S4. The lowest BCUT2D eigenvalue weighted by atomic mass is 9.80. The first kappa shape index (κ1) is 64.4. The van der Waals surface area contributed by atoms with Gasteiger partial charge in [0.1, 0.15) is 32.6 Å². The van der Waals surface area contributed by atoms with Crippen molar-refractivity contribution in [1.82, 2.24) is 59.8 Å². The predicted octanol–water partition coefficient (Wildman–Crippen LogP) is 15.1. The van der Waals surface area contributed by atoms with E-state index < -0.39 is 7.12 Å². The van der Waals surface area contributed by atoms with Crippen LogP contribution in [0.4, 0.5) is 23.3 Å². The Labute approximate surface area is 575 Å². The molecule has 19 nitrogen and oxygen atoms in total. The van der Waals surface area contributed by atoms with E-state index in [-0.39, 0.29) is 11.5 Å². The molecule has 95 heavy (non-hydrogen) atoms. The highest BCUT2D eigenvalue weighted by atomic mass is 79.9. The maximum Gasteiger partial charge on any atom is 0.488 e. The molecule has 0 saturated carbocycles. The highest BCUT2D eigenvalue weighted by molar-refractivity contribution is 9.10. The molecule has 462 valence electrons. The maximum atomic E-state index is 9.25. The Balaban J connectivity index is 0.000000116. The average molecular weight is 1450 g/mol.